The topological polar surface area (TPSA) is 88.6 Å². The Bertz CT molecular complexity index is 938. The molecule has 148 valence electrons. The Labute approximate surface area is 168 Å². The van der Waals surface area contributed by atoms with E-state index < -0.39 is 0 Å². The maximum absolute atomic E-state index is 12.2. The maximum atomic E-state index is 12.2. The van der Waals surface area contributed by atoms with Crippen LogP contribution in [-0.4, -0.2) is 47.3 Å². The Morgan fingerprint density at radius 2 is 2.10 bits per heavy atom. The van der Waals surface area contributed by atoms with Gasteiger partial charge in [-0.05, 0) is 48.4 Å². The largest absolute Gasteiger partial charge is 0.492 e. The first-order valence-electron chi connectivity index (χ1n) is 9.25. The van der Waals surface area contributed by atoms with Gasteiger partial charge in [0.1, 0.15) is 18.1 Å². The van der Waals surface area contributed by atoms with E-state index in [1.807, 2.05) is 6.07 Å². The molecule has 0 spiro atoms. The van der Waals surface area contributed by atoms with Gasteiger partial charge in [-0.1, -0.05) is 24.3 Å². The van der Waals surface area contributed by atoms with Crippen molar-refractivity contribution in [1.29, 1.82) is 0 Å². The zero-order chi connectivity index (χ0) is 20.5. The molecule has 1 N–H and O–H groups in total. The number of hydrogen-bond acceptors (Lipinski definition) is 5. The summed E-state index contributed by atoms with van der Waals surface area (Å²) in [5.74, 6) is -0.284. The van der Waals surface area contributed by atoms with Gasteiger partial charge in [-0.2, -0.15) is 0 Å². The molecule has 1 aromatic heterocycles. The summed E-state index contributed by atoms with van der Waals surface area (Å²) in [6.45, 7) is 1.02. The van der Waals surface area contributed by atoms with Gasteiger partial charge in [-0.3, -0.25) is 24.3 Å². The molecule has 1 aliphatic rings. The van der Waals surface area contributed by atoms with Crippen LogP contribution in [0, 0.1) is 0 Å². The summed E-state index contributed by atoms with van der Waals surface area (Å²) in [6, 6.07) is 12.3. The molecule has 0 radical (unpaired) electrons. The zero-order valence-corrected chi connectivity index (χ0v) is 15.8. The van der Waals surface area contributed by atoms with Crippen LogP contribution in [0.15, 0.2) is 66.9 Å². The molecule has 0 saturated carbocycles. The third kappa shape index (κ3) is 5.87. The highest BCUT2D eigenvalue weighted by Crippen LogP contribution is 2.15. The van der Waals surface area contributed by atoms with Gasteiger partial charge < -0.3 is 10.1 Å². The van der Waals surface area contributed by atoms with E-state index in [1.54, 1.807) is 54.7 Å². The maximum Gasteiger partial charge on any atom is 0.269 e. The van der Waals surface area contributed by atoms with Gasteiger partial charge in [0, 0.05) is 18.8 Å². The molecule has 3 amide bonds. The van der Waals surface area contributed by atoms with E-state index in [0.29, 0.717) is 37.6 Å². The number of pyridine rings is 1. The normalized spacial score (nSPS) is 13.5. The van der Waals surface area contributed by atoms with Crippen LogP contribution in [0.25, 0.3) is 6.08 Å². The van der Waals surface area contributed by atoms with Crippen LogP contribution in [0.1, 0.15) is 22.5 Å². The molecule has 1 aliphatic heterocycles. The van der Waals surface area contributed by atoms with Gasteiger partial charge >= 0.3 is 0 Å². The molecule has 0 fully saturated rings. The van der Waals surface area contributed by atoms with Crippen LogP contribution in [0.3, 0.4) is 0 Å². The number of hydrogen-bond donors (Lipinski definition) is 1. The fourth-order valence-corrected chi connectivity index (χ4v) is 2.69. The van der Waals surface area contributed by atoms with Crippen molar-refractivity contribution in [3.8, 4) is 5.75 Å². The molecule has 29 heavy (non-hydrogen) atoms. The smallest absolute Gasteiger partial charge is 0.269 e. The molecular formula is C22H21N3O4. The van der Waals surface area contributed by atoms with Crippen molar-refractivity contribution in [1.82, 2.24) is 15.2 Å². The van der Waals surface area contributed by atoms with E-state index in [1.165, 1.54) is 17.1 Å². The van der Waals surface area contributed by atoms with Crippen LogP contribution in [-0.2, 0) is 9.59 Å². The highest BCUT2D eigenvalue weighted by molar-refractivity contribution is 6.06. The van der Waals surface area contributed by atoms with Gasteiger partial charge in [0.2, 0.25) is 0 Å². The second-order valence-electron chi connectivity index (χ2n) is 6.24. The van der Waals surface area contributed by atoms with Crippen molar-refractivity contribution in [3.63, 3.8) is 0 Å². The minimum absolute atomic E-state index is 0.258. The van der Waals surface area contributed by atoms with E-state index in [-0.39, 0.29) is 17.7 Å². The van der Waals surface area contributed by atoms with Crippen LogP contribution < -0.4 is 10.1 Å². The molecule has 2 heterocycles. The lowest BCUT2D eigenvalue weighted by molar-refractivity contribution is -0.139. The van der Waals surface area contributed by atoms with Gasteiger partial charge in [-0.25, -0.2) is 0 Å². The average Bonchev–Trinajstić information content (AvgIpc) is 2.76. The average molecular weight is 391 g/mol. The van der Waals surface area contributed by atoms with Crippen molar-refractivity contribution in [2.45, 2.75) is 6.42 Å². The molecule has 0 bridgehead atoms. The number of rotatable bonds is 7. The second kappa shape index (κ2) is 9.98. The van der Waals surface area contributed by atoms with Crippen molar-refractivity contribution in [2.24, 2.45) is 0 Å². The second-order valence-corrected chi connectivity index (χ2v) is 6.24. The van der Waals surface area contributed by atoms with Gasteiger partial charge in [0.25, 0.3) is 17.7 Å². The van der Waals surface area contributed by atoms with Crippen molar-refractivity contribution < 1.29 is 19.1 Å². The Morgan fingerprint density at radius 3 is 2.90 bits per heavy atom. The molecule has 0 unspecified atom stereocenters. The lowest BCUT2D eigenvalue weighted by Crippen LogP contribution is -2.37. The zero-order valence-electron chi connectivity index (χ0n) is 15.8. The fourth-order valence-electron chi connectivity index (χ4n) is 2.69. The Kier molecular flexibility index (Phi) is 6.89. The monoisotopic (exact) mass is 391 g/mol. The van der Waals surface area contributed by atoms with Gasteiger partial charge in [-0.15, -0.1) is 0 Å². The van der Waals surface area contributed by atoms with E-state index in [9.17, 15) is 14.4 Å². The quantitative estimate of drug-likeness (QED) is 0.578. The number of nitrogens with one attached hydrogen (secondary N) is 1. The number of nitrogens with zero attached hydrogens (tertiary/aromatic N) is 2. The summed E-state index contributed by atoms with van der Waals surface area (Å²) < 4.78 is 5.65. The first-order chi connectivity index (χ1) is 14.1. The first kappa shape index (κ1) is 20.0. The third-order valence-electron chi connectivity index (χ3n) is 4.14. The molecular weight excluding hydrogens is 370 g/mol. The molecule has 7 heteroatoms. The van der Waals surface area contributed by atoms with Crippen molar-refractivity contribution in [3.05, 3.63) is 78.1 Å². The summed E-state index contributed by atoms with van der Waals surface area (Å²) in [4.78, 5) is 41.0. The number of ether oxygens (including phenoxy) is 1. The summed E-state index contributed by atoms with van der Waals surface area (Å²) in [7, 11) is 0. The standard InChI is InChI=1S/C22H21N3O4/c26-20-9-2-4-14-25(20)21(27)11-10-17-6-5-7-18(16-17)29-15-13-24-22(28)19-8-1-3-12-23-19/h1-3,5-12,16H,4,13-15H2,(H,24,28)/b11-10+. The van der Waals surface area contributed by atoms with Crippen LogP contribution in [0.4, 0.5) is 0 Å². The van der Waals surface area contributed by atoms with Crippen molar-refractivity contribution in [2.75, 3.05) is 19.7 Å². The molecule has 0 aliphatic carbocycles. The number of benzene rings is 1. The van der Waals surface area contributed by atoms with Crippen LogP contribution in [0.2, 0.25) is 0 Å². The van der Waals surface area contributed by atoms with E-state index >= 15 is 0 Å². The minimum Gasteiger partial charge on any atom is -0.492 e. The summed E-state index contributed by atoms with van der Waals surface area (Å²) >= 11 is 0. The number of carbonyl (C=O) groups excluding carboxylic acids is 3. The Morgan fingerprint density at radius 1 is 1.21 bits per heavy atom. The number of aromatic nitrogens is 1. The van der Waals surface area contributed by atoms with Gasteiger partial charge in [0.05, 0.1) is 6.54 Å². The predicted octanol–water partition coefficient (Wildman–Crippen LogP) is 2.22. The highest BCUT2D eigenvalue weighted by atomic mass is 16.5. The number of imide groups is 1. The van der Waals surface area contributed by atoms with Gasteiger partial charge in [0.15, 0.2) is 0 Å². The molecule has 3 rings (SSSR count). The first-order valence-corrected chi connectivity index (χ1v) is 9.25. The summed E-state index contributed by atoms with van der Waals surface area (Å²) in [5.41, 5.74) is 1.13. The lowest BCUT2D eigenvalue weighted by atomic mass is 10.2. The number of amides is 3. The van der Waals surface area contributed by atoms with Crippen LogP contribution in [0.5, 0.6) is 5.75 Å². The fraction of sp³-hybridized carbons (Fsp3) is 0.182. The summed E-state index contributed by atoms with van der Waals surface area (Å²) in [6.07, 6.45) is 8.43. The van der Waals surface area contributed by atoms with Crippen molar-refractivity contribution >= 4 is 23.8 Å². The highest BCUT2D eigenvalue weighted by Gasteiger charge is 2.18. The molecule has 7 nitrogen and oxygen atoms in total. The SMILES string of the molecule is O=C(NCCOc1cccc(/C=C/C(=O)N2CCC=CC2=O)c1)c1ccccn1. The molecule has 0 saturated heterocycles. The molecule has 1 aromatic carbocycles. The van der Waals surface area contributed by atoms with E-state index in [0.717, 1.165) is 5.56 Å². The van der Waals surface area contributed by atoms with E-state index in [4.69, 9.17) is 4.74 Å². The Balaban J connectivity index is 1.48. The predicted molar refractivity (Wildman–Crippen MR) is 108 cm³/mol. The summed E-state index contributed by atoms with van der Waals surface area (Å²) in [5, 5.41) is 2.74. The number of carbonyl (C=O) groups is 3. The Hall–Kier alpha value is -3.74. The third-order valence-corrected chi connectivity index (χ3v) is 4.14. The van der Waals surface area contributed by atoms with E-state index in [2.05, 4.69) is 10.3 Å². The minimum atomic E-state index is -0.345. The van der Waals surface area contributed by atoms with Crippen LogP contribution >= 0.6 is 0 Å². The molecule has 2 aromatic rings. The lowest BCUT2D eigenvalue weighted by Gasteiger charge is -2.19. The molecule has 0 atom stereocenters.